The topological polar surface area (TPSA) is 29.5 Å². The van der Waals surface area contributed by atoms with Gasteiger partial charge >= 0.3 is 0 Å². The van der Waals surface area contributed by atoms with Crippen molar-refractivity contribution in [3.63, 3.8) is 0 Å². The highest BCUT2D eigenvalue weighted by atomic mass is 35.5. The zero-order valence-electron chi connectivity index (χ0n) is 8.03. The Balaban J connectivity index is 2.84. The Morgan fingerprint density at radius 1 is 1.64 bits per heavy atom. The van der Waals surface area contributed by atoms with Gasteiger partial charge in [-0.3, -0.25) is 0 Å². The minimum atomic E-state index is -0.513. The third kappa shape index (κ3) is 2.76. The number of ether oxygens (including phenoxy) is 1. The van der Waals surface area contributed by atoms with Crippen LogP contribution in [0.15, 0.2) is 30.9 Å². The fourth-order valence-corrected chi connectivity index (χ4v) is 1.29. The van der Waals surface area contributed by atoms with Crippen LogP contribution in [0.5, 0.6) is 5.75 Å². The average Bonchev–Trinajstić information content (AvgIpc) is 2.15. The molecule has 1 rings (SSSR count). The number of hydrogen-bond donors (Lipinski definition) is 1. The van der Waals surface area contributed by atoms with E-state index in [1.807, 2.05) is 0 Å². The molecule has 0 unspecified atom stereocenters. The molecular weight excluding hydrogens is 200 g/mol. The Morgan fingerprint density at radius 3 is 2.86 bits per heavy atom. The molecule has 0 aliphatic carbocycles. The third-order valence-corrected chi connectivity index (χ3v) is 2.09. The van der Waals surface area contributed by atoms with E-state index < -0.39 is 6.10 Å². The van der Waals surface area contributed by atoms with Crippen molar-refractivity contribution in [2.45, 2.75) is 13.0 Å². The maximum absolute atomic E-state index is 9.30. The van der Waals surface area contributed by atoms with Gasteiger partial charge in [-0.2, -0.15) is 0 Å². The zero-order chi connectivity index (χ0) is 10.6. The smallest absolute Gasteiger partial charge is 0.138 e. The van der Waals surface area contributed by atoms with Gasteiger partial charge in [0.2, 0.25) is 0 Å². The summed E-state index contributed by atoms with van der Waals surface area (Å²) in [5, 5.41) is 9.80. The van der Waals surface area contributed by atoms with E-state index in [9.17, 15) is 5.11 Å². The van der Waals surface area contributed by atoms with E-state index >= 15 is 0 Å². The predicted octanol–water partition coefficient (Wildman–Crippen LogP) is 2.96. The third-order valence-electron chi connectivity index (χ3n) is 1.80. The Labute approximate surface area is 88.8 Å². The number of halogens is 1. The van der Waals surface area contributed by atoms with Crippen molar-refractivity contribution in [1.29, 1.82) is 0 Å². The molecule has 0 bridgehead atoms. The van der Waals surface area contributed by atoms with Crippen LogP contribution in [0.2, 0.25) is 5.02 Å². The summed E-state index contributed by atoms with van der Waals surface area (Å²) in [4.78, 5) is 0. The summed E-state index contributed by atoms with van der Waals surface area (Å²) >= 11 is 5.94. The molecule has 3 heteroatoms. The molecule has 0 aromatic heterocycles. The monoisotopic (exact) mass is 212 g/mol. The van der Waals surface area contributed by atoms with E-state index in [0.29, 0.717) is 17.4 Å². The lowest BCUT2D eigenvalue weighted by molar-refractivity contribution is 0.199. The second-order valence-electron chi connectivity index (χ2n) is 2.97. The minimum Gasteiger partial charge on any atom is -0.488 e. The van der Waals surface area contributed by atoms with E-state index in [1.54, 1.807) is 31.2 Å². The minimum absolute atomic E-state index is 0.424. The molecule has 2 nitrogen and oxygen atoms in total. The lowest BCUT2D eigenvalue weighted by Gasteiger charge is -2.09. The van der Waals surface area contributed by atoms with Crippen LogP contribution in [0.1, 0.15) is 18.6 Å². The molecule has 0 spiro atoms. The molecule has 1 N–H and O–H groups in total. The lowest BCUT2D eigenvalue weighted by atomic mass is 10.1. The highest BCUT2D eigenvalue weighted by molar-refractivity contribution is 6.32. The van der Waals surface area contributed by atoms with Crippen LogP contribution in [0.25, 0.3) is 0 Å². The summed E-state index contributed by atoms with van der Waals surface area (Å²) in [6.07, 6.45) is 1.14. The second kappa shape index (κ2) is 5.03. The van der Waals surface area contributed by atoms with Crippen LogP contribution < -0.4 is 4.74 Å². The summed E-state index contributed by atoms with van der Waals surface area (Å²) in [7, 11) is 0. The standard InChI is InChI=1S/C11H13ClO2/c1-3-6-14-11-5-4-9(8(2)13)7-10(11)12/h3-5,7-8,13H,1,6H2,2H3/t8-/m0/s1. The first-order valence-electron chi connectivity index (χ1n) is 4.36. The molecule has 76 valence electrons. The molecule has 0 fully saturated rings. The van der Waals surface area contributed by atoms with Crippen LogP contribution in [-0.4, -0.2) is 11.7 Å². The van der Waals surface area contributed by atoms with Crippen molar-refractivity contribution >= 4 is 11.6 Å². The van der Waals surface area contributed by atoms with Crippen LogP contribution in [0, 0.1) is 0 Å². The van der Waals surface area contributed by atoms with Gasteiger partial charge < -0.3 is 9.84 Å². The SMILES string of the molecule is C=CCOc1ccc([C@H](C)O)cc1Cl. The van der Waals surface area contributed by atoms with Gasteiger partial charge in [-0.1, -0.05) is 30.3 Å². The van der Waals surface area contributed by atoms with Crippen molar-refractivity contribution in [3.8, 4) is 5.75 Å². The highest BCUT2D eigenvalue weighted by Crippen LogP contribution is 2.27. The van der Waals surface area contributed by atoms with E-state index in [-0.39, 0.29) is 0 Å². The summed E-state index contributed by atoms with van der Waals surface area (Å²) in [6.45, 7) is 5.66. The van der Waals surface area contributed by atoms with Crippen molar-refractivity contribution < 1.29 is 9.84 Å². The van der Waals surface area contributed by atoms with Gasteiger partial charge in [-0.15, -0.1) is 0 Å². The van der Waals surface area contributed by atoms with Gasteiger partial charge in [-0.25, -0.2) is 0 Å². The first-order valence-corrected chi connectivity index (χ1v) is 4.74. The number of aliphatic hydroxyl groups excluding tert-OH is 1. The van der Waals surface area contributed by atoms with E-state index in [1.165, 1.54) is 0 Å². The highest BCUT2D eigenvalue weighted by Gasteiger charge is 2.05. The summed E-state index contributed by atoms with van der Waals surface area (Å²) in [5.74, 6) is 0.607. The lowest BCUT2D eigenvalue weighted by Crippen LogP contribution is -1.95. The van der Waals surface area contributed by atoms with Gasteiger partial charge in [0.15, 0.2) is 0 Å². The van der Waals surface area contributed by atoms with E-state index in [2.05, 4.69) is 6.58 Å². The first kappa shape index (κ1) is 11.1. The Kier molecular flexibility index (Phi) is 3.98. The van der Waals surface area contributed by atoms with Crippen LogP contribution in [0.4, 0.5) is 0 Å². The Hall–Kier alpha value is -0.990. The number of benzene rings is 1. The summed E-state index contributed by atoms with van der Waals surface area (Å²) in [5.41, 5.74) is 0.779. The van der Waals surface area contributed by atoms with Crippen molar-refractivity contribution in [2.24, 2.45) is 0 Å². The molecule has 0 aliphatic heterocycles. The van der Waals surface area contributed by atoms with Crippen LogP contribution in [-0.2, 0) is 0 Å². The van der Waals surface area contributed by atoms with Gasteiger partial charge in [0.05, 0.1) is 11.1 Å². The Morgan fingerprint density at radius 2 is 2.36 bits per heavy atom. The van der Waals surface area contributed by atoms with Crippen LogP contribution in [0.3, 0.4) is 0 Å². The summed E-state index contributed by atoms with van der Waals surface area (Å²) < 4.78 is 5.29. The quantitative estimate of drug-likeness (QED) is 0.778. The average molecular weight is 213 g/mol. The fourth-order valence-electron chi connectivity index (χ4n) is 1.04. The van der Waals surface area contributed by atoms with Crippen molar-refractivity contribution in [1.82, 2.24) is 0 Å². The molecular formula is C11H13ClO2. The maximum atomic E-state index is 9.30. The molecule has 1 aromatic carbocycles. The van der Waals surface area contributed by atoms with Gasteiger partial charge in [0.25, 0.3) is 0 Å². The molecule has 1 atom stereocenters. The largest absolute Gasteiger partial charge is 0.488 e. The number of hydrogen-bond acceptors (Lipinski definition) is 2. The number of rotatable bonds is 4. The maximum Gasteiger partial charge on any atom is 0.138 e. The molecule has 0 saturated heterocycles. The summed E-state index contributed by atoms with van der Waals surface area (Å²) in [6, 6.07) is 5.23. The predicted molar refractivity (Wildman–Crippen MR) is 57.8 cm³/mol. The zero-order valence-corrected chi connectivity index (χ0v) is 8.79. The molecule has 0 saturated carbocycles. The van der Waals surface area contributed by atoms with Gasteiger partial charge in [-0.05, 0) is 24.6 Å². The normalized spacial score (nSPS) is 12.2. The fraction of sp³-hybridized carbons (Fsp3) is 0.273. The van der Waals surface area contributed by atoms with Crippen molar-refractivity contribution in [2.75, 3.05) is 6.61 Å². The first-order chi connectivity index (χ1) is 6.65. The Bertz CT molecular complexity index is 321. The van der Waals surface area contributed by atoms with E-state index in [4.69, 9.17) is 16.3 Å². The molecule has 14 heavy (non-hydrogen) atoms. The molecule has 0 aliphatic rings. The molecule has 0 heterocycles. The van der Waals surface area contributed by atoms with Crippen molar-refractivity contribution in [3.05, 3.63) is 41.4 Å². The molecule has 1 aromatic rings. The molecule has 0 amide bonds. The molecule has 0 radical (unpaired) electrons. The second-order valence-corrected chi connectivity index (χ2v) is 3.37. The van der Waals surface area contributed by atoms with E-state index in [0.717, 1.165) is 5.56 Å². The van der Waals surface area contributed by atoms with Gasteiger partial charge in [0.1, 0.15) is 12.4 Å². The van der Waals surface area contributed by atoms with Crippen LogP contribution >= 0.6 is 11.6 Å². The number of aliphatic hydroxyl groups is 1. The van der Waals surface area contributed by atoms with Gasteiger partial charge in [0, 0.05) is 0 Å².